The van der Waals surface area contributed by atoms with Gasteiger partial charge in [0.1, 0.15) is 5.82 Å². The highest BCUT2D eigenvalue weighted by molar-refractivity contribution is 6.07. The molecule has 2 aromatic carbocycles. The maximum atomic E-state index is 13.9. The van der Waals surface area contributed by atoms with E-state index in [9.17, 15) is 9.18 Å². The van der Waals surface area contributed by atoms with Gasteiger partial charge in [0, 0.05) is 17.9 Å². The molecule has 2 aromatic rings. The van der Waals surface area contributed by atoms with Crippen molar-refractivity contribution in [2.45, 2.75) is 13.3 Å². The van der Waals surface area contributed by atoms with E-state index in [0.29, 0.717) is 18.2 Å². The Morgan fingerprint density at radius 1 is 1.29 bits per heavy atom. The van der Waals surface area contributed by atoms with Crippen molar-refractivity contribution in [2.75, 3.05) is 17.2 Å². The highest BCUT2D eigenvalue weighted by Gasteiger charge is 2.28. The fraction of sp³-hybridized carbons (Fsp3) is 0.235. The summed E-state index contributed by atoms with van der Waals surface area (Å²) in [5.74, 6) is -0.531. The second-order valence-corrected chi connectivity index (χ2v) is 5.59. The summed E-state index contributed by atoms with van der Waals surface area (Å²) >= 11 is 0. The molecule has 0 radical (unpaired) electrons. The second-order valence-electron chi connectivity index (χ2n) is 5.59. The third-order valence-corrected chi connectivity index (χ3v) is 3.81. The molecule has 1 unspecified atom stereocenters. The van der Waals surface area contributed by atoms with Gasteiger partial charge < -0.3 is 10.6 Å². The molecule has 1 aliphatic rings. The molecule has 1 amide bonds. The molecule has 0 saturated carbocycles. The van der Waals surface area contributed by atoms with Gasteiger partial charge in [-0.2, -0.15) is 0 Å². The number of halogens is 1. The molecule has 1 heterocycles. The van der Waals surface area contributed by atoms with Gasteiger partial charge in [-0.05, 0) is 42.2 Å². The van der Waals surface area contributed by atoms with Gasteiger partial charge in [-0.1, -0.05) is 25.1 Å². The zero-order valence-electron chi connectivity index (χ0n) is 11.8. The smallest absolute Gasteiger partial charge is 0.261 e. The van der Waals surface area contributed by atoms with E-state index < -0.39 is 5.82 Å². The van der Waals surface area contributed by atoms with Crippen molar-refractivity contribution in [1.82, 2.24) is 0 Å². The van der Waals surface area contributed by atoms with Crippen LogP contribution < -0.4 is 10.6 Å². The molecule has 0 aromatic heterocycles. The molecule has 21 heavy (non-hydrogen) atoms. The normalized spacial score (nSPS) is 17.4. The third-order valence-electron chi connectivity index (χ3n) is 3.81. The number of para-hydroxylation sites is 1. The van der Waals surface area contributed by atoms with Crippen molar-refractivity contribution in [2.24, 2.45) is 5.92 Å². The summed E-state index contributed by atoms with van der Waals surface area (Å²) in [6.07, 6.45) is 0.930. The van der Waals surface area contributed by atoms with Crippen molar-refractivity contribution in [3.63, 3.8) is 0 Å². The molecule has 1 atom stereocenters. The number of rotatable bonds is 1. The molecule has 108 valence electrons. The van der Waals surface area contributed by atoms with Gasteiger partial charge in [-0.25, -0.2) is 4.39 Å². The molecule has 3 rings (SSSR count). The van der Waals surface area contributed by atoms with Gasteiger partial charge in [-0.15, -0.1) is 0 Å². The van der Waals surface area contributed by atoms with E-state index in [1.807, 2.05) is 24.3 Å². The van der Waals surface area contributed by atoms with Crippen molar-refractivity contribution < 1.29 is 9.18 Å². The SMILES string of the molecule is CC1Cc2ccccc2N(C(=O)c2cc(N)ccc2F)C1. The topological polar surface area (TPSA) is 46.3 Å². The minimum absolute atomic E-state index is 0.0268. The zero-order valence-corrected chi connectivity index (χ0v) is 11.8. The second kappa shape index (κ2) is 5.20. The predicted octanol–water partition coefficient (Wildman–Crippen LogP) is 3.25. The van der Waals surface area contributed by atoms with E-state index in [-0.39, 0.29) is 11.5 Å². The largest absolute Gasteiger partial charge is 0.399 e. The van der Waals surface area contributed by atoms with Crippen molar-refractivity contribution in [1.29, 1.82) is 0 Å². The van der Waals surface area contributed by atoms with Crippen LogP contribution in [-0.2, 0) is 6.42 Å². The molecule has 0 aliphatic carbocycles. The molecule has 2 N–H and O–H groups in total. The Morgan fingerprint density at radius 3 is 2.86 bits per heavy atom. The molecule has 1 aliphatic heterocycles. The highest BCUT2D eigenvalue weighted by atomic mass is 19.1. The Kier molecular flexibility index (Phi) is 3.37. The zero-order chi connectivity index (χ0) is 15.0. The van der Waals surface area contributed by atoms with E-state index in [4.69, 9.17) is 5.73 Å². The first-order chi connectivity index (χ1) is 10.1. The van der Waals surface area contributed by atoms with Crippen LogP contribution in [-0.4, -0.2) is 12.5 Å². The van der Waals surface area contributed by atoms with E-state index in [1.54, 1.807) is 4.90 Å². The average molecular weight is 284 g/mol. The lowest BCUT2D eigenvalue weighted by Gasteiger charge is -2.33. The van der Waals surface area contributed by atoms with Gasteiger partial charge in [-0.3, -0.25) is 4.79 Å². The number of nitrogens with two attached hydrogens (primary N) is 1. The predicted molar refractivity (Wildman–Crippen MR) is 81.8 cm³/mol. The minimum Gasteiger partial charge on any atom is -0.399 e. The third kappa shape index (κ3) is 2.49. The van der Waals surface area contributed by atoms with Crippen LogP contribution in [0.15, 0.2) is 42.5 Å². The lowest BCUT2D eigenvalue weighted by molar-refractivity contribution is 0.0977. The first-order valence-corrected chi connectivity index (χ1v) is 7.01. The number of nitrogens with zero attached hydrogens (tertiary/aromatic N) is 1. The quantitative estimate of drug-likeness (QED) is 0.817. The number of benzene rings is 2. The maximum Gasteiger partial charge on any atom is 0.261 e. The molecule has 0 spiro atoms. The fourth-order valence-electron chi connectivity index (χ4n) is 2.84. The number of hydrogen-bond acceptors (Lipinski definition) is 2. The number of carbonyl (C=O) groups excluding carboxylic acids is 1. The molecule has 0 fully saturated rings. The first kappa shape index (κ1) is 13.6. The Bertz CT molecular complexity index is 699. The van der Waals surface area contributed by atoms with E-state index in [2.05, 4.69) is 6.92 Å². The number of nitrogen functional groups attached to an aromatic ring is 1. The lowest BCUT2D eigenvalue weighted by Crippen LogP contribution is -2.39. The average Bonchev–Trinajstić information content (AvgIpc) is 2.48. The van der Waals surface area contributed by atoms with Crippen LogP contribution in [0.1, 0.15) is 22.8 Å². The molecular formula is C17H17FN2O. The summed E-state index contributed by atoms with van der Waals surface area (Å²) in [6.45, 7) is 2.68. The van der Waals surface area contributed by atoms with Crippen LogP contribution in [0.25, 0.3) is 0 Å². The van der Waals surface area contributed by atoms with Crippen LogP contribution >= 0.6 is 0 Å². The van der Waals surface area contributed by atoms with E-state index >= 15 is 0 Å². The Balaban J connectivity index is 2.04. The molecule has 0 saturated heterocycles. The lowest BCUT2D eigenvalue weighted by atomic mass is 9.93. The monoisotopic (exact) mass is 284 g/mol. The molecule has 3 nitrogen and oxygen atoms in total. The number of anilines is 2. The number of fused-ring (bicyclic) bond motifs is 1. The van der Waals surface area contributed by atoms with Crippen LogP contribution in [0.3, 0.4) is 0 Å². The standard InChI is InChI=1S/C17H17FN2O/c1-11-8-12-4-2-3-5-16(12)20(10-11)17(21)14-9-13(19)6-7-15(14)18/h2-7,9,11H,8,10,19H2,1H3. The Hall–Kier alpha value is -2.36. The van der Waals surface area contributed by atoms with E-state index in [0.717, 1.165) is 17.7 Å². The Morgan fingerprint density at radius 2 is 2.05 bits per heavy atom. The van der Waals surface area contributed by atoms with Gasteiger partial charge in [0.05, 0.1) is 5.56 Å². The van der Waals surface area contributed by atoms with Gasteiger partial charge >= 0.3 is 0 Å². The maximum absolute atomic E-state index is 13.9. The van der Waals surface area contributed by atoms with Crippen molar-refractivity contribution in [3.8, 4) is 0 Å². The van der Waals surface area contributed by atoms with Crippen molar-refractivity contribution in [3.05, 3.63) is 59.4 Å². The van der Waals surface area contributed by atoms with E-state index in [1.165, 1.54) is 18.2 Å². The number of carbonyl (C=O) groups is 1. The summed E-state index contributed by atoms with van der Waals surface area (Å²) in [5.41, 5.74) is 8.08. The number of amides is 1. The summed E-state index contributed by atoms with van der Waals surface area (Å²) in [7, 11) is 0. The van der Waals surface area contributed by atoms with Gasteiger partial charge in [0.15, 0.2) is 0 Å². The summed E-state index contributed by atoms with van der Waals surface area (Å²) in [5, 5.41) is 0. The number of hydrogen-bond donors (Lipinski definition) is 1. The first-order valence-electron chi connectivity index (χ1n) is 7.01. The van der Waals surface area contributed by atoms with Crippen molar-refractivity contribution >= 4 is 17.3 Å². The summed E-state index contributed by atoms with van der Waals surface area (Å²) in [4.78, 5) is 14.4. The summed E-state index contributed by atoms with van der Waals surface area (Å²) in [6, 6.07) is 11.9. The molecule has 0 bridgehead atoms. The van der Waals surface area contributed by atoms with Crippen LogP contribution in [0.5, 0.6) is 0 Å². The van der Waals surface area contributed by atoms with Crippen LogP contribution in [0.4, 0.5) is 15.8 Å². The fourth-order valence-corrected chi connectivity index (χ4v) is 2.84. The minimum atomic E-state index is -0.537. The van der Waals surface area contributed by atoms with Gasteiger partial charge in [0.2, 0.25) is 0 Å². The molecule has 4 heteroatoms. The Labute approximate surface area is 123 Å². The van der Waals surface area contributed by atoms with Gasteiger partial charge in [0.25, 0.3) is 5.91 Å². The molecular weight excluding hydrogens is 267 g/mol. The van der Waals surface area contributed by atoms with Crippen LogP contribution in [0, 0.1) is 11.7 Å². The summed E-state index contributed by atoms with van der Waals surface area (Å²) < 4.78 is 13.9. The van der Waals surface area contributed by atoms with Crippen LogP contribution in [0.2, 0.25) is 0 Å². The highest BCUT2D eigenvalue weighted by Crippen LogP contribution is 2.31.